The second-order valence-corrected chi connectivity index (χ2v) is 3.97. The van der Waals surface area contributed by atoms with Gasteiger partial charge in [-0.3, -0.25) is 4.79 Å². The highest BCUT2D eigenvalue weighted by Gasteiger charge is 2.15. The van der Waals surface area contributed by atoms with E-state index >= 15 is 0 Å². The van der Waals surface area contributed by atoms with E-state index in [1.54, 1.807) is 13.2 Å². The Hall–Kier alpha value is -1.84. The molecule has 1 aromatic heterocycles. The van der Waals surface area contributed by atoms with Crippen LogP contribution in [0.1, 0.15) is 12.2 Å². The third kappa shape index (κ3) is 1.23. The molecule has 0 N–H and O–H groups in total. The molecule has 0 amide bonds. The Labute approximate surface area is 92.5 Å². The van der Waals surface area contributed by atoms with Crippen LogP contribution in [0.3, 0.4) is 0 Å². The van der Waals surface area contributed by atoms with Crippen LogP contribution in [0, 0.1) is 0 Å². The van der Waals surface area contributed by atoms with Gasteiger partial charge in [0.1, 0.15) is 11.6 Å². The molecule has 82 valence electrons. The largest absolute Gasteiger partial charge is 0.497 e. The van der Waals surface area contributed by atoms with E-state index in [-0.39, 0.29) is 5.56 Å². The van der Waals surface area contributed by atoms with Crippen molar-refractivity contribution in [1.29, 1.82) is 0 Å². The van der Waals surface area contributed by atoms with Gasteiger partial charge >= 0.3 is 0 Å². The highest BCUT2D eigenvalue weighted by Crippen LogP contribution is 2.22. The summed E-state index contributed by atoms with van der Waals surface area (Å²) in [5, 5.41) is 0.644. The molecule has 0 bridgehead atoms. The topological polar surface area (TPSA) is 44.1 Å². The molecule has 4 heteroatoms. The molecule has 0 atom stereocenters. The first-order chi connectivity index (χ1) is 7.79. The molecule has 2 aromatic rings. The third-order valence-electron chi connectivity index (χ3n) is 3.05. The Morgan fingerprint density at radius 3 is 3.12 bits per heavy atom. The minimum atomic E-state index is -0.151. The standard InChI is InChI=1S/C12H12N2O2/c1-16-8-4-5-10-9(7-8)12(15)13-11-3-2-6-14(10)11/h4-5,7H,2-3,6H2,1H3. The lowest BCUT2D eigenvalue weighted by Crippen LogP contribution is -2.14. The van der Waals surface area contributed by atoms with Gasteiger partial charge in [0.25, 0.3) is 5.56 Å². The summed E-state index contributed by atoms with van der Waals surface area (Å²) in [7, 11) is 1.60. The predicted molar refractivity (Wildman–Crippen MR) is 60.9 cm³/mol. The Kier molecular flexibility index (Phi) is 1.96. The maximum atomic E-state index is 11.8. The first-order valence-corrected chi connectivity index (χ1v) is 5.37. The van der Waals surface area contributed by atoms with Gasteiger partial charge in [-0.15, -0.1) is 0 Å². The summed E-state index contributed by atoms with van der Waals surface area (Å²) in [6, 6.07) is 5.58. The highest BCUT2D eigenvalue weighted by atomic mass is 16.5. The van der Waals surface area contributed by atoms with Crippen LogP contribution in [-0.4, -0.2) is 16.7 Å². The summed E-state index contributed by atoms with van der Waals surface area (Å²) in [6.45, 7) is 0.950. The number of nitrogens with zero attached hydrogens (tertiary/aromatic N) is 2. The van der Waals surface area contributed by atoms with Crippen LogP contribution in [0.15, 0.2) is 23.0 Å². The molecule has 0 saturated carbocycles. The number of fused-ring (bicyclic) bond motifs is 3. The lowest BCUT2D eigenvalue weighted by molar-refractivity contribution is 0.415. The zero-order valence-electron chi connectivity index (χ0n) is 9.06. The summed E-state index contributed by atoms with van der Waals surface area (Å²) in [4.78, 5) is 15.9. The van der Waals surface area contributed by atoms with Crippen LogP contribution >= 0.6 is 0 Å². The average Bonchev–Trinajstić information content (AvgIpc) is 2.77. The molecule has 0 spiro atoms. The molecule has 4 nitrogen and oxygen atoms in total. The second kappa shape index (κ2) is 3.33. The average molecular weight is 216 g/mol. The van der Waals surface area contributed by atoms with Crippen molar-refractivity contribution in [3.05, 3.63) is 34.4 Å². The molecular formula is C12H12N2O2. The molecule has 16 heavy (non-hydrogen) atoms. The molecular weight excluding hydrogens is 204 g/mol. The number of benzene rings is 1. The van der Waals surface area contributed by atoms with Crippen LogP contribution < -0.4 is 10.3 Å². The normalized spacial score (nSPS) is 14.1. The smallest absolute Gasteiger partial charge is 0.280 e. The minimum absolute atomic E-state index is 0.151. The minimum Gasteiger partial charge on any atom is -0.497 e. The van der Waals surface area contributed by atoms with Crippen molar-refractivity contribution in [2.24, 2.45) is 0 Å². The molecule has 0 radical (unpaired) electrons. The number of aromatic nitrogens is 2. The Balaban J connectivity index is 2.40. The highest BCUT2D eigenvalue weighted by molar-refractivity contribution is 5.80. The van der Waals surface area contributed by atoms with Gasteiger partial charge in [-0.2, -0.15) is 4.98 Å². The van der Waals surface area contributed by atoms with Crippen LogP contribution in [0.25, 0.3) is 10.9 Å². The molecule has 2 heterocycles. The predicted octanol–water partition coefficient (Wildman–Crippen LogP) is 1.35. The van der Waals surface area contributed by atoms with Gasteiger partial charge in [0.05, 0.1) is 18.0 Å². The van der Waals surface area contributed by atoms with Crippen LogP contribution in [0.2, 0.25) is 0 Å². The van der Waals surface area contributed by atoms with Crippen molar-refractivity contribution in [2.75, 3.05) is 7.11 Å². The number of hydrogen-bond donors (Lipinski definition) is 0. The first kappa shape index (κ1) is 9.39. The van der Waals surface area contributed by atoms with E-state index in [2.05, 4.69) is 9.55 Å². The number of aryl methyl sites for hydroxylation is 2. The number of rotatable bonds is 1. The van der Waals surface area contributed by atoms with Crippen molar-refractivity contribution in [2.45, 2.75) is 19.4 Å². The van der Waals surface area contributed by atoms with Gasteiger partial charge in [-0.05, 0) is 24.6 Å². The molecule has 1 aromatic carbocycles. The molecule has 1 aliphatic rings. The van der Waals surface area contributed by atoms with E-state index in [1.165, 1.54) is 0 Å². The van der Waals surface area contributed by atoms with E-state index in [1.807, 2.05) is 12.1 Å². The van der Waals surface area contributed by atoms with Crippen LogP contribution in [0.5, 0.6) is 5.75 Å². The summed E-state index contributed by atoms with van der Waals surface area (Å²) < 4.78 is 7.24. The Morgan fingerprint density at radius 2 is 2.31 bits per heavy atom. The fraction of sp³-hybridized carbons (Fsp3) is 0.333. The summed E-state index contributed by atoms with van der Waals surface area (Å²) >= 11 is 0. The number of hydrogen-bond acceptors (Lipinski definition) is 3. The maximum absolute atomic E-state index is 11.8. The van der Waals surface area contributed by atoms with E-state index in [9.17, 15) is 4.79 Å². The molecule has 0 saturated heterocycles. The lowest BCUT2D eigenvalue weighted by Gasteiger charge is -2.08. The van der Waals surface area contributed by atoms with Gasteiger partial charge < -0.3 is 9.30 Å². The fourth-order valence-electron chi connectivity index (χ4n) is 2.26. The molecule has 0 unspecified atom stereocenters. The van der Waals surface area contributed by atoms with Crippen LogP contribution in [-0.2, 0) is 13.0 Å². The quantitative estimate of drug-likeness (QED) is 0.722. The van der Waals surface area contributed by atoms with Crippen molar-refractivity contribution < 1.29 is 4.74 Å². The zero-order valence-corrected chi connectivity index (χ0v) is 9.06. The molecule has 1 aliphatic heterocycles. The van der Waals surface area contributed by atoms with Crippen molar-refractivity contribution in [3.63, 3.8) is 0 Å². The fourth-order valence-corrected chi connectivity index (χ4v) is 2.26. The number of methoxy groups -OCH3 is 1. The summed E-state index contributed by atoms with van der Waals surface area (Å²) in [6.07, 6.45) is 1.97. The third-order valence-corrected chi connectivity index (χ3v) is 3.05. The van der Waals surface area contributed by atoms with Gasteiger partial charge in [-0.25, -0.2) is 0 Å². The Morgan fingerprint density at radius 1 is 1.44 bits per heavy atom. The van der Waals surface area contributed by atoms with Gasteiger partial charge in [0.15, 0.2) is 0 Å². The summed E-state index contributed by atoms with van der Waals surface area (Å²) in [5.41, 5.74) is 0.815. The van der Waals surface area contributed by atoms with E-state index in [0.29, 0.717) is 11.1 Å². The zero-order chi connectivity index (χ0) is 11.1. The Bertz CT molecular complexity index is 616. The van der Waals surface area contributed by atoms with Gasteiger partial charge in [0, 0.05) is 13.0 Å². The monoisotopic (exact) mass is 216 g/mol. The van der Waals surface area contributed by atoms with E-state index in [4.69, 9.17) is 4.74 Å². The first-order valence-electron chi connectivity index (χ1n) is 5.37. The molecule has 0 fully saturated rings. The van der Waals surface area contributed by atoms with Gasteiger partial charge in [-0.1, -0.05) is 0 Å². The molecule has 3 rings (SSSR count). The van der Waals surface area contributed by atoms with Crippen molar-refractivity contribution >= 4 is 10.9 Å². The van der Waals surface area contributed by atoms with E-state index in [0.717, 1.165) is 30.7 Å². The van der Waals surface area contributed by atoms with Crippen molar-refractivity contribution in [3.8, 4) is 5.75 Å². The van der Waals surface area contributed by atoms with E-state index < -0.39 is 0 Å². The number of ether oxygens (including phenoxy) is 1. The lowest BCUT2D eigenvalue weighted by atomic mass is 10.2. The molecule has 0 aliphatic carbocycles. The van der Waals surface area contributed by atoms with Gasteiger partial charge in [0.2, 0.25) is 0 Å². The summed E-state index contributed by atoms with van der Waals surface area (Å²) in [5.74, 6) is 1.60. The van der Waals surface area contributed by atoms with Crippen LogP contribution in [0.4, 0.5) is 0 Å². The SMILES string of the molecule is COc1ccc2c(c1)c(=O)nc1n2CCC1. The van der Waals surface area contributed by atoms with Crippen molar-refractivity contribution in [1.82, 2.24) is 9.55 Å². The second-order valence-electron chi connectivity index (χ2n) is 3.97. The maximum Gasteiger partial charge on any atom is 0.280 e.